The fraction of sp³-hybridized carbons (Fsp3) is 0.250. The minimum absolute atomic E-state index is 0.0688. The summed E-state index contributed by atoms with van der Waals surface area (Å²) in [7, 11) is 1.67. The Hall–Kier alpha value is -1.32. The summed E-state index contributed by atoms with van der Waals surface area (Å²) < 4.78 is 12.2. The van der Waals surface area contributed by atoms with Gasteiger partial charge in [-0.2, -0.15) is 0 Å². The largest absolute Gasteiger partial charge is 0.497 e. The Morgan fingerprint density at radius 1 is 1.11 bits per heavy atom. The summed E-state index contributed by atoms with van der Waals surface area (Å²) in [4.78, 5) is 0. The molecule has 2 nitrogen and oxygen atoms in total. The minimum atomic E-state index is 0.0688. The standard InChI is InChI=1S/C16H17BrO2/c1-12(13-6-4-3-5-7-13)19-11-14-10-15(18-2)8-9-16(14)17/h3-10,12H,11H2,1-2H3. The molecule has 0 fully saturated rings. The third-order valence-electron chi connectivity index (χ3n) is 3.01. The van der Waals surface area contributed by atoms with Crippen molar-refractivity contribution in [2.75, 3.05) is 7.11 Å². The van der Waals surface area contributed by atoms with Crippen molar-refractivity contribution >= 4 is 15.9 Å². The van der Waals surface area contributed by atoms with E-state index < -0.39 is 0 Å². The lowest BCUT2D eigenvalue weighted by Crippen LogP contribution is -2.01. The topological polar surface area (TPSA) is 18.5 Å². The molecule has 0 saturated heterocycles. The molecule has 0 bridgehead atoms. The Balaban J connectivity index is 2.02. The summed E-state index contributed by atoms with van der Waals surface area (Å²) in [5, 5.41) is 0. The van der Waals surface area contributed by atoms with Crippen LogP contribution in [0.4, 0.5) is 0 Å². The van der Waals surface area contributed by atoms with Crippen molar-refractivity contribution in [3.8, 4) is 5.75 Å². The smallest absolute Gasteiger partial charge is 0.119 e. The van der Waals surface area contributed by atoms with E-state index in [4.69, 9.17) is 9.47 Å². The zero-order valence-corrected chi connectivity index (χ0v) is 12.7. The van der Waals surface area contributed by atoms with E-state index in [1.165, 1.54) is 5.56 Å². The maximum Gasteiger partial charge on any atom is 0.119 e. The molecule has 0 aliphatic carbocycles. The number of rotatable bonds is 5. The lowest BCUT2D eigenvalue weighted by Gasteiger charge is -2.14. The third-order valence-corrected chi connectivity index (χ3v) is 3.78. The second-order valence-electron chi connectivity index (χ2n) is 4.32. The van der Waals surface area contributed by atoms with E-state index in [-0.39, 0.29) is 6.10 Å². The van der Waals surface area contributed by atoms with Gasteiger partial charge in [-0.1, -0.05) is 46.3 Å². The molecule has 2 aromatic carbocycles. The fourth-order valence-electron chi connectivity index (χ4n) is 1.82. The molecule has 0 spiro atoms. The summed E-state index contributed by atoms with van der Waals surface area (Å²) in [5.41, 5.74) is 2.27. The van der Waals surface area contributed by atoms with Crippen LogP contribution in [0.15, 0.2) is 53.0 Å². The van der Waals surface area contributed by atoms with Crippen molar-refractivity contribution in [2.45, 2.75) is 19.6 Å². The first-order valence-electron chi connectivity index (χ1n) is 6.19. The van der Waals surface area contributed by atoms with Gasteiger partial charge >= 0.3 is 0 Å². The van der Waals surface area contributed by atoms with E-state index >= 15 is 0 Å². The first-order chi connectivity index (χ1) is 9.20. The van der Waals surface area contributed by atoms with Crippen LogP contribution >= 0.6 is 15.9 Å². The van der Waals surface area contributed by atoms with E-state index in [0.29, 0.717) is 6.61 Å². The number of ether oxygens (including phenoxy) is 2. The fourth-order valence-corrected chi connectivity index (χ4v) is 2.18. The molecule has 100 valence electrons. The molecule has 0 aliphatic heterocycles. The van der Waals surface area contributed by atoms with Crippen molar-refractivity contribution in [3.05, 3.63) is 64.1 Å². The number of benzene rings is 2. The summed E-state index contributed by atoms with van der Waals surface area (Å²) in [6, 6.07) is 16.1. The third kappa shape index (κ3) is 3.82. The van der Waals surface area contributed by atoms with Gasteiger partial charge in [0, 0.05) is 4.47 Å². The molecular weight excluding hydrogens is 304 g/mol. The zero-order valence-electron chi connectivity index (χ0n) is 11.1. The van der Waals surface area contributed by atoms with Gasteiger partial charge < -0.3 is 9.47 Å². The monoisotopic (exact) mass is 320 g/mol. The lowest BCUT2D eigenvalue weighted by molar-refractivity contribution is 0.0521. The van der Waals surface area contributed by atoms with Gasteiger partial charge in [0.15, 0.2) is 0 Å². The molecule has 0 amide bonds. The van der Waals surface area contributed by atoms with Gasteiger partial charge in [-0.3, -0.25) is 0 Å². The Kier molecular flexibility index (Phi) is 5.00. The van der Waals surface area contributed by atoms with Gasteiger partial charge in [0.2, 0.25) is 0 Å². The van der Waals surface area contributed by atoms with Crippen LogP contribution in [0.3, 0.4) is 0 Å². The zero-order chi connectivity index (χ0) is 13.7. The van der Waals surface area contributed by atoms with Gasteiger partial charge in [0.05, 0.1) is 19.8 Å². The predicted molar refractivity (Wildman–Crippen MR) is 80.3 cm³/mol. The quantitative estimate of drug-likeness (QED) is 0.792. The first-order valence-corrected chi connectivity index (χ1v) is 6.99. The molecule has 3 heteroatoms. The number of halogens is 1. The summed E-state index contributed by atoms with van der Waals surface area (Å²) in [6.45, 7) is 2.61. The number of hydrogen-bond donors (Lipinski definition) is 0. The molecule has 0 radical (unpaired) electrons. The molecule has 0 aliphatic rings. The maximum atomic E-state index is 5.91. The molecule has 0 heterocycles. The van der Waals surface area contributed by atoms with Crippen LogP contribution in [0.25, 0.3) is 0 Å². The molecule has 2 aromatic rings. The van der Waals surface area contributed by atoms with E-state index in [9.17, 15) is 0 Å². The highest BCUT2D eigenvalue weighted by atomic mass is 79.9. The molecule has 1 unspecified atom stereocenters. The van der Waals surface area contributed by atoms with Crippen molar-refractivity contribution in [2.24, 2.45) is 0 Å². The van der Waals surface area contributed by atoms with Crippen LogP contribution in [0.2, 0.25) is 0 Å². The van der Waals surface area contributed by atoms with Gasteiger partial charge in [-0.25, -0.2) is 0 Å². The molecule has 19 heavy (non-hydrogen) atoms. The van der Waals surface area contributed by atoms with Crippen LogP contribution in [0.1, 0.15) is 24.2 Å². The van der Waals surface area contributed by atoms with Gasteiger partial charge in [0.25, 0.3) is 0 Å². The highest BCUT2D eigenvalue weighted by molar-refractivity contribution is 9.10. The molecule has 0 aromatic heterocycles. The number of hydrogen-bond acceptors (Lipinski definition) is 2. The van der Waals surface area contributed by atoms with Crippen molar-refractivity contribution in [1.29, 1.82) is 0 Å². The highest BCUT2D eigenvalue weighted by Gasteiger charge is 2.08. The van der Waals surface area contributed by atoms with Crippen LogP contribution in [0, 0.1) is 0 Å². The second kappa shape index (κ2) is 6.73. The van der Waals surface area contributed by atoms with E-state index in [2.05, 4.69) is 35.0 Å². The lowest BCUT2D eigenvalue weighted by atomic mass is 10.1. The van der Waals surface area contributed by atoms with Gasteiger partial charge in [0.1, 0.15) is 5.75 Å². The van der Waals surface area contributed by atoms with Crippen LogP contribution in [0.5, 0.6) is 5.75 Å². The van der Waals surface area contributed by atoms with Crippen LogP contribution in [-0.4, -0.2) is 7.11 Å². The second-order valence-corrected chi connectivity index (χ2v) is 5.18. The normalized spacial score (nSPS) is 12.2. The van der Waals surface area contributed by atoms with Crippen LogP contribution < -0.4 is 4.74 Å². The summed E-state index contributed by atoms with van der Waals surface area (Å²) in [5.74, 6) is 0.842. The van der Waals surface area contributed by atoms with E-state index in [1.54, 1.807) is 7.11 Å². The van der Waals surface area contributed by atoms with Crippen molar-refractivity contribution in [3.63, 3.8) is 0 Å². The predicted octanol–water partition coefficient (Wildman–Crippen LogP) is 4.74. The van der Waals surface area contributed by atoms with Gasteiger partial charge in [-0.05, 0) is 36.2 Å². The van der Waals surface area contributed by atoms with Crippen molar-refractivity contribution < 1.29 is 9.47 Å². The summed E-state index contributed by atoms with van der Waals surface area (Å²) >= 11 is 3.53. The minimum Gasteiger partial charge on any atom is -0.497 e. The Morgan fingerprint density at radius 2 is 1.84 bits per heavy atom. The van der Waals surface area contributed by atoms with Crippen molar-refractivity contribution in [1.82, 2.24) is 0 Å². The molecule has 1 atom stereocenters. The highest BCUT2D eigenvalue weighted by Crippen LogP contribution is 2.25. The van der Waals surface area contributed by atoms with Crippen LogP contribution in [-0.2, 0) is 11.3 Å². The van der Waals surface area contributed by atoms with E-state index in [1.807, 2.05) is 36.4 Å². The molecular formula is C16H17BrO2. The Labute approximate surface area is 122 Å². The van der Waals surface area contributed by atoms with Gasteiger partial charge in [-0.15, -0.1) is 0 Å². The average Bonchev–Trinajstić information content (AvgIpc) is 2.47. The Bertz CT molecular complexity index is 526. The van der Waals surface area contributed by atoms with E-state index in [0.717, 1.165) is 15.8 Å². The molecule has 0 N–H and O–H groups in total. The Morgan fingerprint density at radius 3 is 2.53 bits per heavy atom. The SMILES string of the molecule is COc1ccc(Br)c(COC(C)c2ccccc2)c1. The number of methoxy groups -OCH3 is 1. The average molecular weight is 321 g/mol. The first kappa shape index (κ1) is 14.1. The summed E-state index contributed by atoms with van der Waals surface area (Å²) in [6.07, 6.45) is 0.0688. The molecule has 2 rings (SSSR count). The maximum absolute atomic E-state index is 5.91. The molecule has 0 saturated carbocycles.